The van der Waals surface area contributed by atoms with E-state index in [-0.39, 0.29) is 30.0 Å². The summed E-state index contributed by atoms with van der Waals surface area (Å²) in [5, 5.41) is 9.73. The highest BCUT2D eigenvalue weighted by Crippen LogP contribution is 2.38. The van der Waals surface area contributed by atoms with Crippen LogP contribution in [-0.2, 0) is 4.74 Å². The zero-order chi connectivity index (χ0) is 19.0. The van der Waals surface area contributed by atoms with Crippen LogP contribution in [0.3, 0.4) is 0 Å². The molecule has 0 radical (unpaired) electrons. The summed E-state index contributed by atoms with van der Waals surface area (Å²) < 4.78 is 7.41. The van der Waals surface area contributed by atoms with Gasteiger partial charge in [0.2, 0.25) is 5.95 Å². The Morgan fingerprint density at radius 3 is 2.85 bits per heavy atom. The molecule has 2 heterocycles. The van der Waals surface area contributed by atoms with Crippen LogP contribution in [0.25, 0.3) is 11.2 Å². The van der Waals surface area contributed by atoms with Crippen LogP contribution in [0.1, 0.15) is 29.2 Å². The first-order valence-electron chi connectivity index (χ1n) is 8.66. The molecule has 9 nitrogen and oxygen atoms in total. The van der Waals surface area contributed by atoms with E-state index in [0.717, 1.165) is 0 Å². The van der Waals surface area contributed by atoms with E-state index in [0.29, 0.717) is 24.1 Å². The summed E-state index contributed by atoms with van der Waals surface area (Å²) in [5.74, 6) is -0.619. The Hall–Kier alpha value is -3.20. The van der Waals surface area contributed by atoms with E-state index in [4.69, 9.17) is 10.5 Å². The van der Waals surface area contributed by atoms with Crippen LogP contribution in [-0.4, -0.2) is 43.3 Å². The first kappa shape index (κ1) is 17.2. The molecule has 27 heavy (non-hydrogen) atoms. The number of aromatic amines is 1. The van der Waals surface area contributed by atoms with Crippen molar-refractivity contribution in [2.75, 3.05) is 12.3 Å². The van der Waals surface area contributed by atoms with Crippen LogP contribution in [0.15, 0.2) is 41.5 Å². The predicted octanol–water partition coefficient (Wildman–Crippen LogP) is 0.871. The molecule has 0 spiro atoms. The molecule has 0 aliphatic heterocycles. The maximum absolute atomic E-state index is 12.4. The number of nitrogens with zero attached hydrogens (tertiary/aromatic N) is 3. The van der Waals surface area contributed by atoms with E-state index in [9.17, 15) is 14.7 Å². The monoisotopic (exact) mass is 369 g/mol. The molecule has 0 bridgehead atoms. The maximum atomic E-state index is 12.4. The highest BCUT2D eigenvalue weighted by Gasteiger charge is 2.38. The number of hydrogen-bond acceptors (Lipinski definition) is 7. The number of aromatic nitrogens is 4. The zero-order valence-electron chi connectivity index (χ0n) is 14.4. The second-order valence-corrected chi connectivity index (χ2v) is 6.65. The number of aliphatic hydroxyl groups is 1. The fourth-order valence-electron chi connectivity index (χ4n) is 3.61. The van der Waals surface area contributed by atoms with E-state index >= 15 is 0 Å². The van der Waals surface area contributed by atoms with Gasteiger partial charge < -0.3 is 20.1 Å². The molecule has 4 rings (SSSR count). The van der Waals surface area contributed by atoms with Crippen molar-refractivity contribution in [3.05, 3.63) is 52.6 Å². The van der Waals surface area contributed by atoms with Crippen LogP contribution in [0, 0.1) is 5.92 Å². The number of ether oxygens (including phenoxy) is 1. The van der Waals surface area contributed by atoms with Gasteiger partial charge >= 0.3 is 5.97 Å². The molecular weight excluding hydrogens is 350 g/mol. The Balaban J connectivity index is 1.58. The van der Waals surface area contributed by atoms with Gasteiger partial charge in [0, 0.05) is 25.0 Å². The number of anilines is 1. The average Bonchev–Trinajstić information content (AvgIpc) is 3.26. The minimum absolute atomic E-state index is 0.0120. The first-order valence-corrected chi connectivity index (χ1v) is 8.66. The van der Waals surface area contributed by atoms with E-state index in [1.165, 1.54) is 6.33 Å². The van der Waals surface area contributed by atoms with Crippen molar-refractivity contribution in [3.8, 4) is 0 Å². The van der Waals surface area contributed by atoms with Gasteiger partial charge in [-0.2, -0.15) is 4.98 Å². The maximum Gasteiger partial charge on any atom is 0.338 e. The summed E-state index contributed by atoms with van der Waals surface area (Å²) in [4.78, 5) is 35.0. The Morgan fingerprint density at radius 1 is 1.33 bits per heavy atom. The van der Waals surface area contributed by atoms with Crippen molar-refractivity contribution < 1.29 is 14.6 Å². The molecule has 2 aromatic heterocycles. The number of carbonyl (C=O) groups is 1. The molecule has 1 fully saturated rings. The summed E-state index contributed by atoms with van der Waals surface area (Å²) in [6.45, 7) is -0.105. The van der Waals surface area contributed by atoms with Gasteiger partial charge in [-0.25, -0.2) is 9.78 Å². The second-order valence-electron chi connectivity index (χ2n) is 6.65. The largest absolute Gasteiger partial charge is 0.458 e. The average molecular weight is 369 g/mol. The van der Waals surface area contributed by atoms with Crippen LogP contribution in [0.5, 0.6) is 0 Å². The molecule has 9 heteroatoms. The van der Waals surface area contributed by atoms with Crippen LogP contribution in [0.4, 0.5) is 5.95 Å². The second kappa shape index (κ2) is 6.84. The van der Waals surface area contributed by atoms with Crippen molar-refractivity contribution in [1.82, 2.24) is 19.5 Å². The highest BCUT2D eigenvalue weighted by atomic mass is 16.5. The van der Waals surface area contributed by atoms with Crippen LogP contribution < -0.4 is 11.3 Å². The van der Waals surface area contributed by atoms with Gasteiger partial charge in [-0.3, -0.25) is 9.78 Å². The summed E-state index contributed by atoms with van der Waals surface area (Å²) in [7, 11) is 0. The third-order valence-electron chi connectivity index (χ3n) is 4.95. The highest BCUT2D eigenvalue weighted by molar-refractivity contribution is 5.89. The minimum atomic E-state index is -0.440. The summed E-state index contributed by atoms with van der Waals surface area (Å²) in [6, 6.07) is 8.61. The van der Waals surface area contributed by atoms with Gasteiger partial charge in [-0.15, -0.1) is 0 Å². The Kier molecular flexibility index (Phi) is 4.36. The Bertz CT molecular complexity index is 1030. The molecule has 3 atom stereocenters. The van der Waals surface area contributed by atoms with Gasteiger partial charge in [0.05, 0.1) is 11.9 Å². The lowest BCUT2D eigenvalue weighted by atomic mass is 10.1. The third kappa shape index (κ3) is 3.17. The smallest absolute Gasteiger partial charge is 0.338 e. The number of hydrogen-bond donors (Lipinski definition) is 3. The molecular formula is C18H19N5O4. The molecule has 0 saturated heterocycles. The predicted molar refractivity (Wildman–Crippen MR) is 97.1 cm³/mol. The normalized spacial score (nSPS) is 22.2. The molecule has 1 aliphatic carbocycles. The lowest BCUT2D eigenvalue weighted by Gasteiger charge is -2.17. The number of carbonyl (C=O) groups excluding carboxylic acids is 1. The fraction of sp³-hybridized carbons (Fsp3) is 0.333. The van der Waals surface area contributed by atoms with E-state index in [1.54, 1.807) is 28.8 Å². The van der Waals surface area contributed by atoms with Gasteiger partial charge in [0.25, 0.3) is 5.56 Å². The number of H-pyrrole nitrogens is 1. The van der Waals surface area contributed by atoms with Crippen molar-refractivity contribution in [2.45, 2.75) is 25.0 Å². The summed E-state index contributed by atoms with van der Waals surface area (Å²) >= 11 is 0. The van der Waals surface area contributed by atoms with Gasteiger partial charge in [0.15, 0.2) is 11.2 Å². The topological polar surface area (TPSA) is 136 Å². The molecule has 140 valence electrons. The summed E-state index contributed by atoms with van der Waals surface area (Å²) in [5.41, 5.74) is 6.29. The lowest BCUT2D eigenvalue weighted by molar-refractivity contribution is 0.0128. The van der Waals surface area contributed by atoms with Gasteiger partial charge in [0.1, 0.15) is 6.10 Å². The number of imidazole rings is 1. The number of nitrogens with two attached hydrogens (primary N) is 1. The van der Waals surface area contributed by atoms with Gasteiger partial charge in [-0.05, 0) is 18.6 Å². The van der Waals surface area contributed by atoms with E-state index in [1.807, 2.05) is 6.07 Å². The number of esters is 1. The van der Waals surface area contributed by atoms with E-state index in [2.05, 4.69) is 15.0 Å². The standard InChI is InChI=1S/C18H19N5O4/c19-18-21-15-14(16(25)22-18)20-9-23(15)12-6-11(8-24)13(7-12)27-17(26)10-4-2-1-3-5-10/h1-5,9,11-13,24H,6-8H2,(H3,19,21,22,25)/t11-,12-,13+/m0/s1. The molecule has 1 aromatic carbocycles. The van der Waals surface area contributed by atoms with Crippen LogP contribution >= 0.6 is 0 Å². The van der Waals surface area contributed by atoms with Crippen molar-refractivity contribution in [1.29, 1.82) is 0 Å². The molecule has 1 saturated carbocycles. The quantitative estimate of drug-likeness (QED) is 0.580. The zero-order valence-corrected chi connectivity index (χ0v) is 14.4. The van der Waals surface area contributed by atoms with E-state index < -0.39 is 17.6 Å². The minimum Gasteiger partial charge on any atom is -0.458 e. The number of fused-ring (bicyclic) bond motifs is 1. The molecule has 4 N–H and O–H groups in total. The molecule has 1 aliphatic rings. The SMILES string of the molecule is Nc1nc2c(ncn2[C@H]2C[C@@H](CO)[C@H](OC(=O)c3ccccc3)C2)c(=O)[nH]1. The lowest BCUT2D eigenvalue weighted by Crippen LogP contribution is -2.24. The van der Waals surface area contributed by atoms with Crippen LogP contribution in [0.2, 0.25) is 0 Å². The summed E-state index contributed by atoms with van der Waals surface area (Å²) in [6.07, 6.45) is 2.16. The number of benzene rings is 1. The Labute approximate surface area is 153 Å². The number of rotatable bonds is 4. The number of aliphatic hydroxyl groups excluding tert-OH is 1. The van der Waals surface area contributed by atoms with Gasteiger partial charge in [-0.1, -0.05) is 18.2 Å². The number of nitrogen functional groups attached to an aromatic ring is 1. The Morgan fingerprint density at radius 2 is 2.11 bits per heavy atom. The first-order chi connectivity index (χ1) is 13.1. The molecule has 0 unspecified atom stereocenters. The van der Waals surface area contributed by atoms with Crippen molar-refractivity contribution in [3.63, 3.8) is 0 Å². The van der Waals surface area contributed by atoms with Crippen molar-refractivity contribution >= 4 is 23.1 Å². The molecule has 3 aromatic rings. The number of nitrogens with one attached hydrogen (secondary N) is 1. The third-order valence-corrected chi connectivity index (χ3v) is 4.95. The fourth-order valence-corrected chi connectivity index (χ4v) is 3.61. The molecule has 0 amide bonds. The van der Waals surface area contributed by atoms with Crippen molar-refractivity contribution in [2.24, 2.45) is 5.92 Å².